The van der Waals surface area contributed by atoms with Crippen molar-refractivity contribution in [1.29, 1.82) is 0 Å². The molecule has 0 bridgehead atoms. The van der Waals surface area contributed by atoms with Gasteiger partial charge in [0.15, 0.2) is 0 Å². The van der Waals surface area contributed by atoms with E-state index in [0.717, 1.165) is 64.2 Å². The number of carboxylic acid groups (broad SMARTS) is 2. The fourth-order valence-corrected chi connectivity index (χ4v) is 1.84. The molecule has 0 aromatic heterocycles. The molecule has 0 heterocycles. The Labute approximate surface area is 159 Å². The molecule has 0 amide bonds. The van der Waals surface area contributed by atoms with Gasteiger partial charge < -0.3 is 10.2 Å². The Kier molecular flexibility index (Phi) is 31.7. The lowest BCUT2D eigenvalue weighted by molar-refractivity contribution is -0.138. The van der Waals surface area contributed by atoms with E-state index < -0.39 is 11.9 Å². The van der Waals surface area contributed by atoms with Crippen molar-refractivity contribution in [2.45, 2.75) is 77.0 Å². The Morgan fingerprint density at radius 1 is 0.708 bits per heavy atom. The van der Waals surface area contributed by atoms with Gasteiger partial charge in [0.25, 0.3) is 15.4 Å². The maximum Gasteiger partial charge on any atom is 0.303 e. The number of hydrogen-bond donors (Lipinski definition) is 2. The fourth-order valence-electron chi connectivity index (χ4n) is 1.84. The third-order valence-corrected chi connectivity index (χ3v) is 3.10. The second-order valence-corrected chi connectivity index (χ2v) is 5.27. The molecule has 0 saturated heterocycles. The maximum absolute atomic E-state index is 10.1. The molecule has 138 valence electrons. The van der Waals surface area contributed by atoms with Crippen LogP contribution in [0.3, 0.4) is 0 Å². The van der Waals surface area contributed by atoms with E-state index in [1.807, 2.05) is 27.5 Å². The minimum absolute atomic E-state index is 0.314. The highest BCUT2D eigenvalue weighted by Crippen LogP contribution is 2.05. The molecule has 0 fully saturated rings. The molecule has 2 radical (unpaired) electrons. The van der Waals surface area contributed by atoms with Crippen molar-refractivity contribution < 1.29 is 19.8 Å². The second kappa shape index (κ2) is 27.1. The van der Waals surface area contributed by atoms with Crippen molar-refractivity contribution in [3.8, 4) is 0 Å². The number of hydrogen-bond acceptors (Lipinski definition) is 2. The molecular weight excluding hydrogens is 343 g/mol. The summed E-state index contributed by atoms with van der Waals surface area (Å²) in [5, 5.41) is 16.6. The van der Waals surface area contributed by atoms with E-state index in [-0.39, 0.29) is 0 Å². The quantitative estimate of drug-likeness (QED) is 0.239. The number of carboxylic acids is 2. The van der Waals surface area contributed by atoms with E-state index in [2.05, 4.69) is 23.2 Å². The molecule has 0 atom stereocenters. The second-order valence-electron chi connectivity index (χ2n) is 5.27. The molecule has 0 aliphatic carbocycles. The first-order chi connectivity index (χ1) is 11.5. The van der Waals surface area contributed by atoms with E-state index in [1.54, 1.807) is 0 Å². The Morgan fingerprint density at radius 3 is 1.25 bits per heavy atom. The zero-order valence-corrected chi connectivity index (χ0v) is 16.6. The fraction of sp³-hybridized carbons (Fsp3) is 0.667. The standard InChI is InChI=1S/2C9H16O2.Al.ClH/c2*1-2-3-4-5-6-7-8-9(10)11;;/h2*2H,1,3-8H2,(H,10,11);;1H/q;;+1;/p-1. The van der Waals surface area contributed by atoms with Crippen LogP contribution in [0.1, 0.15) is 77.0 Å². The minimum atomic E-state index is -0.686. The third kappa shape index (κ3) is 37.5. The first-order valence-corrected chi connectivity index (χ1v) is 10.2. The van der Waals surface area contributed by atoms with Gasteiger partial charge in [0, 0.05) is 12.8 Å². The smallest absolute Gasteiger partial charge is 0.303 e. The Balaban J connectivity index is -0.000000333. The molecule has 6 heteroatoms. The van der Waals surface area contributed by atoms with Gasteiger partial charge in [-0.3, -0.25) is 19.6 Å². The van der Waals surface area contributed by atoms with Gasteiger partial charge >= 0.3 is 11.9 Å². The summed E-state index contributed by atoms with van der Waals surface area (Å²) < 4.78 is 0. The molecule has 0 aromatic rings. The van der Waals surface area contributed by atoms with Crippen LogP contribution in [0.15, 0.2) is 25.3 Å². The normalized spacial score (nSPS) is 8.88. The highest BCUT2D eigenvalue weighted by atomic mass is 35.6. The van der Waals surface area contributed by atoms with Gasteiger partial charge in [0.05, 0.1) is 0 Å². The number of unbranched alkanes of at least 4 members (excludes halogenated alkanes) is 8. The van der Waals surface area contributed by atoms with Crippen LogP contribution < -0.4 is 0 Å². The van der Waals surface area contributed by atoms with Crippen molar-refractivity contribution >= 4 is 37.4 Å². The molecule has 0 unspecified atom stereocenters. The predicted octanol–water partition coefficient (Wildman–Crippen LogP) is 5.50. The van der Waals surface area contributed by atoms with E-state index >= 15 is 0 Å². The van der Waals surface area contributed by atoms with Gasteiger partial charge in [-0.05, 0) is 38.5 Å². The van der Waals surface area contributed by atoms with Gasteiger partial charge in [-0.1, -0.05) is 37.8 Å². The summed E-state index contributed by atoms with van der Waals surface area (Å²) >= 11 is 1.89. The monoisotopic (exact) mass is 374 g/mol. The molecule has 0 aliphatic rings. The summed E-state index contributed by atoms with van der Waals surface area (Å²) in [5.74, 6) is -1.37. The van der Waals surface area contributed by atoms with E-state index in [0.29, 0.717) is 12.8 Å². The third-order valence-electron chi connectivity index (χ3n) is 3.10. The average Bonchev–Trinajstić information content (AvgIpc) is 2.56. The number of aliphatic carboxylic acids is 2. The highest BCUT2D eigenvalue weighted by molar-refractivity contribution is 6.80. The molecule has 0 spiro atoms. The van der Waals surface area contributed by atoms with Crippen molar-refractivity contribution in [3.63, 3.8) is 0 Å². The van der Waals surface area contributed by atoms with Crippen LogP contribution in [-0.4, -0.2) is 37.5 Å². The highest BCUT2D eigenvalue weighted by Gasteiger charge is 1.95. The Bertz CT molecular complexity index is 279. The number of rotatable bonds is 14. The minimum Gasteiger partial charge on any atom is -0.481 e. The maximum atomic E-state index is 10.1. The molecule has 0 aromatic carbocycles. The Morgan fingerprint density at radius 2 is 1.00 bits per heavy atom. The van der Waals surface area contributed by atoms with Gasteiger partial charge in [0.2, 0.25) is 0 Å². The first-order valence-electron chi connectivity index (χ1n) is 8.41. The summed E-state index contributed by atoms with van der Waals surface area (Å²) in [6.07, 6.45) is 14.7. The molecular formula is C18H32AlClO4. The summed E-state index contributed by atoms with van der Waals surface area (Å²) in [6.45, 7) is 7.23. The molecule has 0 saturated carbocycles. The zero-order chi connectivity index (χ0) is 19.1. The number of allylic oxidation sites excluding steroid dienone is 2. The lowest BCUT2D eigenvalue weighted by Gasteiger charge is -1.95. The zero-order valence-electron chi connectivity index (χ0n) is 14.7. The van der Waals surface area contributed by atoms with Crippen LogP contribution in [0.5, 0.6) is 0 Å². The SMILES string of the molecule is C=CCCCCCCC(=O)O.C=CCCCCCCC(=O)O.[Al][Cl]. The summed E-state index contributed by atoms with van der Waals surface area (Å²) in [4.78, 5) is 20.1. The topological polar surface area (TPSA) is 74.6 Å². The van der Waals surface area contributed by atoms with Crippen LogP contribution >= 0.6 is 10.0 Å². The molecule has 4 nitrogen and oxygen atoms in total. The number of halogens is 1. The van der Waals surface area contributed by atoms with Crippen molar-refractivity contribution in [2.75, 3.05) is 0 Å². The molecule has 0 aliphatic heterocycles. The van der Waals surface area contributed by atoms with Crippen LogP contribution in [0.2, 0.25) is 0 Å². The van der Waals surface area contributed by atoms with Gasteiger partial charge in [-0.25, -0.2) is 0 Å². The van der Waals surface area contributed by atoms with E-state index in [9.17, 15) is 9.59 Å². The van der Waals surface area contributed by atoms with Crippen LogP contribution in [0.4, 0.5) is 0 Å². The van der Waals surface area contributed by atoms with Gasteiger partial charge in [0.1, 0.15) is 0 Å². The number of carbonyl (C=O) groups is 2. The first kappa shape index (κ1) is 28.1. The lowest BCUT2D eigenvalue weighted by atomic mass is 10.1. The lowest BCUT2D eigenvalue weighted by Crippen LogP contribution is -1.93. The van der Waals surface area contributed by atoms with Crippen molar-refractivity contribution in [2.24, 2.45) is 0 Å². The average molecular weight is 375 g/mol. The van der Waals surface area contributed by atoms with Gasteiger partial charge in [-0.2, -0.15) is 0 Å². The summed E-state index contributed by atoms with van der Waals surface area (Å²) in [5.41, 5.74) is 0. The molecule has 0 rings (SSSR count). The molecule has 24 heavy (non-hydrogen) atoms. The Hall–Kier alpha value is -0.758. The van der Waals surface area contributed by atoms with Crippen molar-refractivity contribution in [3.05, 3.63) is 25.3 Å². The largest absolute Gasteiger partial charge is 0.481 e. The summed E-state index contributed by atoms with van der Waals surface area (Å²) in [7, 11) is 4.56. The van der Waals surface area contributed by atoms with Crippen LogP contribution in [0, 0.1) is 0 Å². The van der Waals surface area contributed by atoms with Crippen LogP contribution in [0.25, 0.3) is 0 Å². The van der Waals surface area contributed by atoms with Crippen LogP contribution in [-0.2, 0) is 9.59 Å². The van der Waals surface area contributed by atoms with Gasteiger partial charge in [-0.15, -0.1) is 13.2 Å². The predicted molar refractivity (Wildman–Crippen MR) is 103 cm³/mol. The molecule has 2 N–H and O–H groups in total. The van der Waals surface area contributed by atoms with E-state index in [4.69, 9.17) is 10.2 Å². The van der Waals surface area contributed by atoms with E-state index in [1.165, 1.54) is 0 Å². The summed E-state index contributed by atoms with van der Waals surface area (Å²) in [6, 6.07) is 0. The van der Waals surface area contributed by atoms with Crippen molar-refractivity contribution in [1.82, 2.24) is 0 Å².